The second kappa shape index (κ2) is 10.5. The first-order valence-corrected chi connectivity index (χ1v) is 10.2. The number of nitrogens with one attached hydrogen (secondary N) is 1. The molecule has 30 heavy (non-hydrogen) atoms. The van der Waals surface area contributed by atoms with Crippen LogP contribution in [0.4, 0.5) is 5.69 Å². The molecule has 6 nitrogen and oxygen atoms in total. The summed E-state index contributed by atoms with van der Waals surface area (Å²) >= 11 is 0. The van der Waals surface area contributed by atoms with Crippen LogP contribution in [0.5, 0.6) is 11.5 Å². The van der Waals surface area contributed by atoms with E-state index in [4.69, 9.17) is 9.47 Å². The number of hydrogen-bond donors (Lipinski definition) is 1. The molecular weight excluding hydrogens is 380 g/mol. The predicted octanol–water partition coefficient (Wildman–Crippen LogP) is 4.07. The number of amides is 2. The van der Waals surface area contributed by atoms with Crippen LogP contribution in [-0.4, -0.2) is 43.5 Å². The van der Waals surface area contributed by atoms with Crippen molar-refractivity contribution in [3.05, 3.63) is 66.2 Å². The van der Waals surface area contributed by atoms with Gasteiger partial charge in [0.1, 0.15) is 0 Å². The van der Waals surface area contributed by atoms with Gasteiger partial charge in [0.15, 0.2) is 18.1 Å². The molecule has 1 heterocycles. The molecule has 1 N–H and O–H groups in total. The Balaban J connectivity index is 1.64. The van der Waals surface area contributed by atoms with E-state index in [1.54, 1.807) is 37.4 Å². The Morgan fingerprint density at radius 1 is 1.10 bits per heavy atom. The highest BCUT2D eigenvalue weighted by Crippen LogP contribution is 2.28. The Bertz CT molecular complexity index is 904. The fourth-order valence-corrected chi connectivity index (χ4v) is 3.50. The van der Waals surface area contributed by atoms with Crippen molar-refractivity contribution in [1.82, 2.24) is 4.90 Å². The number of piperidine rings is 1. The van der Waals surface area contributed by atoms with Crippen LogP contribution in [0, 0.1) is 0 Å². The van der Waals surface area contributed by atoms with Crippen molar-refractivity contribution < 1.29 is 19.1 Å². The minimum atomic E-state index is -0.342. The molecule has 0 atom stereocenters. The molecule has 1 saturated heterocycles. The highest BCUT2D eigenvalue weighted by atomic mass is 16.5. The summed E-state index contributed by atoms with van der Waals surface area (Å²) in [5.41, 5.74) is 2.04. The van der Waals surface area contributed by atoms with Crippen LogP contribution in [-0.2, 0) is 11.2 Å². The van der Waals surface area contributed by atoms with Crippen molar-refractivity contribution in [3.63, 3.8) is 0 Å². The summed E-state index contributed by atoms with van der Waals surface area (Å²) < 4.78 is 11.0. The number of rotatable bonds is 8. The van der Waals surface area contributed by atoms with Gasteiger partial charge in [-0.15, -0.1) is 6.58 Å². The second-order valence-corrected chi connectivity index (χ2v) is 7.21. The molecule has 0 saturated carbocycles. The van der Waals surface area contributed by atoms with Gasteiger partial charge in [0, 0.05) is 13.1 Å². The fourth-order valence-electron chi connectivity index (χ4n) is 3.50. The summed E-state index contributed by atoms with van der Waals surface area (Å²) in [6.45, 7) is 5.05. The van der Waals surface area contributed by atoms with Crippen molar-refractivity contribution in [1.29, 1.82) is 0 Å². The standard InChI is InChI=1S/C24H28N2O4/c1-3-9-18-12-13-21(22(16-18)29-2)30-17-23(27)25-20-11-6-5-10-19(20)24(28)26-14-7-4-8-15-26/h3,5-6,10-13,16H,1,4,7-9,14-15,17H2,2H3,(H,25,27). The molecule has 1 aliphatic rings. The summed E-state index contributed by atoms with van der Waals surface area (Å²) in [5.74, 6) is 0.651. The average Bonchev–Trinajstić information content (AvgIpc) is 2.79. The summed E-state index contributed by atoms with van der Waals surface area (Å²) in [7, 11) is 1.56. The topological polar surface area (TPSA) is 67.9 Å². The van der Waals surface area contributed by atoms with E-state index in [0.29, 0.717) is 22.7 Å². The molecule has 1 aliphatic heterocycles. The molecule has 6 heteroatoms. The third-order valence-corrected chi connectivity index (χ3v) is 5.04. The zero-order valence-electron chi connectivity index (χ0n) is 17.4. The van der Waals surface area contributed by atoms with E-state index in [2.05, 4.69) is 11.9 Å². The number of benzene rings is 2. The van der Waals surface area contributed by atoms with E-state index in [1.807, 2.05) is 23.1 Å². The summed E-state index contributed by atoms with van der Waals surface area (Å²) in [5, 5.41) is 2.80. The van der Waals surface area contributed by atoms with Crippen molar-refractivity contribution >= 4 is 17.5 Å². The van der Waals surface area contributed by atoms with Crippen molar-refractivity contribution in [3.8, 4) is 11.5 Å². The Kier molecular flexibility index (Phi) is 7.49. The Hall–Kier alpha value is -3.28. The molecule has 2 aromatic carbocycles. The lowest BCUT2D eigenvalue weighted by Gasteiger charge is -2.27. The number of allylic oxidation sites excluding steroid dienone is 1. The largest absolute Gasteiger partial charge is 0.493 e. The summed E-state index contributed by atoms with van der Waals surface area (Å²) in [6.07, 6.45) is 5.71. The molecule has 2 amide bonds. The van der Waals surface area contributed by atoms with Gasteiger partial charge in [-0.3, -0.25) is 9.59 Å². The number of methoxy groups -OCH3 is 1. The van der Waals surface area contributed by atoms with Gasteiger partial charge in [-0.05, 0) is 55.5 Å². The molecule has 0 spiro atoms. The molecule has 0 bridgehead atoms. The number of carbonyl (C=O) groups excluding carboxylic acids is 2. The average molecular weight is 408 g/mol. The predicted molar refractivity (Wildman–Crippen MR) is 117 cm³/mol. The third kappa shape index (κ3) is 5.41. The van der Waals surface area contributed by atoms with Gasteiger partial charge >= 0.3 is 0 Å². The van der Waals surface area contributed by atoms with Crippen LogP contribution in [0.2, 0.25) is 0 Å². The van der Waals surface area contributed by atoms with E-state index in [-0.39, 0.29) is 18.4 Å². The number of hydrogen-bond acceptors (Lipinski definition) is 4. The van der Waals surface area contributed by atoms with Crippen LogP contribution >= 0.6 is 0 Å². The molecular formula is C24H28N2O4. The quantitative estimate of drug-likeness (QED) is 0.669. The number of nitrogens with zero attached hydrogens (tertiary/aromatic N) is 1. The van der Waals surface area contributed by atoms with Gasteiger partial charge in [0.25, 0.3) is 11.8 Å². The molecule has 158 valence electrons. The molecule has 0 aliphatic carbocycles. The molecule has 0 unspecified atom stereocenters. The zero-order valence-corrected chi connectivity index (χ0v) is 17.4. The highest BCUT2D eigenvalue weighted by Gasteiger charge is 2.21. The minimum absolute atomic E-state index is 0.0500. The molecule has 1 fully saturated rings. The smallest absolute Gasteiger partial charge is 0.262 e. The Morgan fingerprint density at radius 2 is 1.87 bits per heavy atom. The van der Waals surface area contributed by atoms with Gasteiger partial charge in [0.2, 0.25) is 0 Å². The van der Waals surface area contributed by atoms with Crippen LogP contribution in [0.15, 0.2) is 55.1 Å². The van der Waals surface area contributed by atoms with E-state index < -0.39 is 0 Å². The van der Waals surface area contributed by atoms with Crippen LogP contribution in [0.25, 0.3) is 0 Å². The van der Waals surface area contributed by atoms with Gasteiger partial charge in [-0.2, -0.15) is 0 Å². The number of anilines is 1. The summed E-state index contributed by atoms with van der Waals surface area (Å²) in [4.78, 5) is 27.2. The first kappa shape index (κ1) is 21.4. The minimum Gasteiger partial charge on any atom is -0.493 e. The lowest BCUT2D eigenvalue weighted by atomic mass is 10.1. The number of carbonyl (C=O) groups is 2. The number of likely N-dealkylation sites (tertiary alicyclic amines) is 1. The van der Waals surface area contributed by atoms with Crippen LogP contribution < -0.4 is 14.8 Å². The number of ether oxygens (including phenoxy) is 2. The second-order valence-electron chi connectivity index (χ2n) is 7.21. The van der Waals surface area contributed by atoms with E-state index >= 15 is 0 Å². The van der Waals surface area contributed by atoms with E-state index in [1.165, 1.54) is 0 Å². The van der Waals surface area contributed by atoms with E-state index in [9.17, 15) is 9.59 Å². The van der Waals surface area contributed by atoms with Gasteiger partial charge in [-0.25, -0.2) is 0 Å². The normalized spacial score (nSPS) is 13.4. The summed E-state index contributed by atoms with van der Waals surface area (Å²) in [6, 6.07) is 12.6. The van der Waals surface area contributed by atoms with E-state index in [0.717, 1.165) is 44.3 Å². The lowest BCUT2D eigenvalue weighted by molar-refractivity contribution is -0.118. The van der Waals surface area contributed by atoms with Crippen molar-refractivity contribution in [2.24, 2.45) is 0 Å². The SMILES string of the molecule is C=CCc1ccc(OCC(=O)Nc2ccccc2C(=O)N2CCCCC2)c(OC)c1. The molecule has 2 aromatic rings. The molecule has 3 rings (SSSR count). The maximum absolute atomic E-state index is 12.9. The van der Waals surface area contributed by atoms with Crippen molar-refractivity contribution in [2.45, 2.75) is 25.7 Å². The molecule has 0 aromatic heterocycles. The first-order valence-electron chi connectivity index (χ1n) is 10.2. The monoisotopic (exact) mass is 408 g/mol. The highest BCUT2D eigenvalue weighted by molar-refractivity contribution is 6.04. The zero-order chi connectivity index (χ0) is 21.3. The maximum Gasteiger partial charge on any atom is 0.262 e. The van der Waals surface area contributed by atoms with Gasteiger partial charge in [0.05, 0.1) is 18.4 Å². The van der Waals surface area contributed by atoms with Gasteiger partial charge < -0.3 is 19.7 Å². The fraction of sp³-hybridized carbons (Fsp3) is 0.333. The lowest BCUT2D eigenvalue weighted by Crippen LogP contribution is -2.36. The Labute approximate surface area is 177 Å². The first-order chi connectivity index (χ1) is 14.6. The van der Waals surface area contributed by atoms with Crippen LogP contribution in [0.1, 0.15) is 35.2 Å². The maximum atomic E-state index is 12.9. The van der Waals surface area contributed by atoms with Crippen LogP contribution in [0.3, 0.4) is 0 Å². The van der Waals surface area contributed by atoms with Gasteiger partial charge in [-0.1, -0.05) is 24.3 Å². The third-order valence-electron chi connectivity index (χ3n) is 5.04. The molecule has 0 radical (unpaired) electrons. The van der Waals surface area contributed by atoms with Crippen molar-refractivity contribution in [2.75, 3.05) is 32.1 Å². The Morgan fingerprint density at radius 3 is 2.60 bits per heavy atom. The number of para-hydroxylation sites is 1.